The summed E-state index contributed by atoms with van der Waals surface area (Å²) in [6, 6.07) is 7.10. The number of hydrogen-bond acceptors (Lipinski definition) is 9. The smallest absolute Gasteiger partial charge is 0.480 e. The van der Waals surface area contributed by atoms with E-state index in [9.17, 15) is 19.5 Å². The quantitative estimate of drug-likeness (QED) is 0.354. The number of nitrogens with one attached hydrogen (secondary N) is 1. The van der Waals surface area contributed by atoms with Gasteiger partial charge in [-0.1, -0.05) is 42.0 Å². The third kappa shape index (κ3) is 6.12. The highest BCUT2D eigenvalue weighted by Gasteiger charge is 2.46. The second kappa shape index (κ2) is 12.7. The third-order valence-corrected chi connectivity index (χ3v) is 8.84. The number of hydrogen-bond donors (Lipinski definition) is 2. The minimum atomic E-state index is -1.45. The van der Waals surface area contributed by atoms with Crippen molar-refractivity contribution in [1.82, 2.24) is 20.0 Å². The Morgan fingerprint density at radius 1 is 1.20 bits per heavy atom. The van der Waals surface area contributed by atoms with E-state index in [1.54, 1.807) is 42.1 Å². The molecule has 0 amide bonds. The summed E-state index contributed by atoms with van der Waals surface area (Å²) in [4.78, 5) is 43.7. The number of carbonyl (C=O) groups excluding carboxylic acids is 1. The van der Waals surface area contributed by atoms with E-state index in [0.29, 0.717) is 42.9 Å². The van der Waals surface area contributed by atoms with E-state index < -0.39 is 23.6 Å². The Kier molecular flexibility index (Phi) is 8.51. The second-order valence-electron chi connectivity index (χ2n) is 11.7. The monoisotopic (exact) mass is 603 g/mol. The van der Waals surface area contributed by atoms with Gasteiger partial charge in [-0.2, -0.15) is 0 Å². The maximum absolute atomic E-state index is 13.0. The number of H-pyrrole nitrogens is 1. The van der Waals surface area contributed by atoms with Gasteiger partial charge in [0.25, 0.3) is 0 Å². The van der Waals surface area contributed by atoms with Crippen molar-refractivity contribution in [3.8, 4) is 11.3 Å². The van der Waals surface area contributed by atoms with Crippen molar-refractivity contribution in [2.45, 2.75) is 64.2 Å². The van der Waals surface area contributed by atoms with E-state index in [1.807, 2.05) is 18.2 Å². The summed E-state index contributed by atoms with van der Waals surface area (Å²) in [5.74, 6) is -0.360. The zero-order valence-corrected chi connectivity index (χ0v) is 24.7. The molecule has 2 fully saturated rings. The molecule has 12 heteroatoms. The Morgan fingerprint density at radius 2 is 2.00 bits per heavy atom. The minimum Gasteiger partial charge on any atom is -0.480 e. The van der Waals surface area contributed by atoms with Crippen molar-refractivity contribution in [3.05, 3.63) is 64.5 Å². The molecule has 1 saturated heterocycles. The van der Waals surface area contributed by atoms with Crippen molar-refractivity contribution in [2.75, 3.05) is 31.2 Å². The molecule has 1 aromatic carbocycles. The summed E-state index contributed by atoms with van der Waals surface area (Å²) in [5, 5.41) is 19.5. The molecule has 2 atom stereocenters. The summed E-state index contributed by atoms with van der Waals surface area (Å²) in [6.45, 7) is 4.44. The van der Waals surface area contributed by atoms with Crippen molar-refractivity contribution >= 4 is 28.8 Å². The van der Waals surface area contributed by atoms with Crippen LogP contribution in [0, 0.1) is 5.41 Å². The number of fused-ring (bicyclic) bond motifs is 1. The van der Waals surface area contributed by atoms with E-state index in [1.165, 1.54) is 0 Å². The molecule has 44 heavy (non-hydrogen) atoms. The van der Waals surface area contributed by atoms with Crippen LogP contribution in [0.4, 0.5) is 10.6 Å². The first-order valence-electron chi connectivity index (χ1n) is 15.2. The Balaban J connectivity index is 1.18. The number of para-hydroxylation sites is 1. The predicted octanol–water partition coefficient (Wildman–Crippen LogP) is 4.45. The fourth-order valence-corrected chi connectivity index (χ4v) is 6.31. The predicted molar refractivity (Wildman–Crippen MR) is 162 cm³/mol. The van der Waals surface area contributed by atoms with Crippen LogP contribution >= 0.6 is 0 Å². The van der Waals surface area contributed by atoms with Crippen LogP contribution in [0.5, 0.6) is 0 Å². The van der Waals surface area contributed by atoms with Gasteiger partial charge in [0.15, 0.2) is 5.43 Å². The molecule has 1 saturated carbocycles. The lowest BCUT2D eigenvalue weighted by atomic mass is 9.74. The number of aliphatic carboxylic acids is 1. The first kappa shape index (κ1) is 29.6. The largest absolute Gasteiger partial charge is 0.508 e. The molecule has 232 valence electrons. The normalized spacial score (nSPS) is 21.6. The topological polar surface area (TPSA) is 149 Å². The van der Waals surface area contributed by atoms with Gasteiger partial charge in [0.05, 0.1) is 31.5 Å². The number of carboxylic acids is 1. The van der Waals surface area contributed by atoms with Gasteiger partial charge in [0.2, 0.25) is 0 Å². The molecule has 2 N–H and O–H groups in total. The number of benzene rings is 1. The van der Waals surface area contributed by atoms with Gasteiger partial charge in [-0.3, -0.25) is 9.59 Å². The molecular weight excluding hydrogens is 566 g/mol. The number of ether oxygens (including phenoxy) is 3. The van der Waals surface area contributed by atoms with Crippen LogP contribution in [-0.4, -0.2) is 75.7 Å². The van der Waals surface area contributed by atoms with E-state index >= 15 is 0 Å². The lowest BCUT2D eigenvalue weighted by Gasteiger charge is -2.34. The Morgan fingerprint density at radius 3 is 2.77 bits per heavy atom. The van der Waals surface area contributed by atoms with E-state index in [0.717, 1.165) is 49.1 Å². The highest BCUT2D eigenvalue weighted by atomic mass is 16.7. The fraction of sp³-hybridized carbons (Fsp3) is 0.469. The molecule has 0 radical (unpaired) electrons. The first-order valence-corrected chi connectivity index (χ1v) is 15.2. The zero-order valence-electron chi connectivity index (χ0n) is 24.7. The Labute approximate surface area is 254 Å². The molecule has 12 nitrogen and oxygen atoms in total. The van der Waals surface area contributed by atoms with Crippen molar-refractivity contribution < 1.29 is 28.9 Å². The van der Waals surface area contributed by atoms with Crippen LogP contribution in [0.2, 0.25) is 0 Å². The average Bonchev–Trinajstić information content (AvgIpc) is 3.49. The number of allylic oxidation sites excluding steroid dienone is 3. The number of aromatic amines is 1. The van der Waals surface area contributed by atoms with Crippen LogP contribution in [0.1, 0.15) is 45.4 Å². The van der Waals surface area contributed by atoms with Gasteiger partial charge in [-0.05, 0) is 50.7 Å². The molecule has 0 spiro atoms. The lowest BCUT2D eigenvalue weighted by Crippen LogP contribution is -2.43. The molecule has 0 bridgehead atoms. The number of rotatable bonds is 8. The fourth-order valence-electron chi connectivity index (χ4n) is 6.31. The summed E-state index contributed by atoms with van der Waals surface area (Å²) in [7, 11) is 0. The molecule has 1 aliphatic heterocycles. The van der Waals surface area contributed by atoms with Gasteiger partial charge in [0, 0.05) is 30.1 Å². The molecule has 3 heterocycles. The molecule has 3 aromatic rings. The second-order valence-corrected chi connectivity index (χ2v) is 11.7. The lowest BCUT2D eigenvalue weighted by molar-refractivity contribution is -0.152. The molecule has 2 aliphatic carbocycles. The number of aromatic nitrogens is 4. The van der Waals surface area contributed by atoms with Gasteiger partial charge >= 0.3 is 12.1 Å². The minimum absolute atomic E-state index is 0.0856. The Bertz CT molecular complexity index is 1650. The summed E-state index contributed by atoms with van der Waals surface area (Å²) in [5.41, 5.74) is 1.22. The maximum atomic E-state index is 13.0. The van der Waals surface area contributed by atoms with E-state index in [2.05, 4.69) is 20.2 Å². The summed E-state index contributed by atoms with van der Waals surface area (Å²) in [6.07, 6.45) is 9.73. The van der Waals surface area contributed by atoms with Gasteiger partial charge < -0.3 is 29.2 Å². The zero-order chi connectivity index (χ0) is 30.7. The van der Waals surface area contributed by atoms with Crippen LogP contribution in [-0.2, 0) is 25.5 Å². The summed E-state index contributed by atoms with van der Waals surface area (Å²) >= 11 is 0. The number of carboxylic acid groups (broad SMARTS) is 1. The highest BCUT2D eigenvalue weighted by molar-refractivity contribution is 5.93. The molecule has 3 aliphatic rings. The number of morpholine rings is 1. The number of nitrogens with zero attached hydrogens (tertiary/aromatic N) is 4. The average molecular weight is 604 g/mol. The van der Waals surface area contributed by atoms with E-state index in [4.69, 9.17) is 14.2 Å². The summed E-state index contributed by atoms with van der Waals surface area (Å²) < 4.78 is 18.1. The number of pyridine rings is 1. The molecule has 2 aromatic heterocycles. The third-order valence-electron chi connectivity index (χ3n) is 8.84. The number of carbonyl (C=O) groups is 2. The maximum Gasteiger partial charge on any atom is 0.508 e. The van der Waals surface area contributed by atoms with Crippen molar-refractivity contribution in [3.63, 3.8) is 0 Å². The van der Waals surface area contributed by atoms with Crippen molar-refractivity contribution in [1.29, 1.82) is 0 Å². The van der Waals surface area contributed by atoms with Crippen LogP contribution in [0.15, 0.2) is 59.1 Å². The molecule has 6 rings (SSSR count). The number of anilines is 1. The standard InChI is InChI=1S/C32H37N5O7/c1-21(43-31(41)44-23-8-3-2-4-9-23)32(30(39)40)12-6-7-22(18-32)19-37-20-26(34-35-37)24-10-5-11-25-27(38)17-28(33-29(24)25)36-13-15-42-16-14-36/h5-7,10-12,17,20-21,23H,2-4,8-9,13-16,18-19H2,1H3,(H,33,38)(H,39,40). The molecular formula is C32H37N5O7. The highest BCUT2D eigenvalue weighted by Crippen LogP contribution is 2.38. The first-order chi connectivity index (χ1) is 21.3. The van der Waals surface area contributed by atoms with Crippen LogP contribution in [0.25, 0.3) is 22.2 Å². The Hall–Kier alpha value is -4.45. The van der Waals surface area contributed by atoms with Gasteiger partial charge in [0.1, 0.15) is 29.1 Å². The van der Waals surface area contributed by atoms with Gasteiger partial charge in [-0.25, -0.2) is 9.48 Å². The van der Waals surface area contributed by atoms with Crippen molar-refractivity contribution in [2.24, 2.45) is 5.41 Å². The van der Waals surface area contributed by atoms with E-state index in [-0.39, 0.29) is 24.5 Å². The SMILES string of the molecule is CC(OC(=O)OC1CCCCC1)C1(C(=O)O)C=CC=C(Cn2cc(-c3cccc4c(=O)cc(N5CCOCC5)[nH]c34)nn2)C1. The van der Waals surface area contributed by atoms with Gasteiger partial charge in [-0.15, -0.1) is 5.10 Å². The van der Waals surface area contributed by atoms with Crippen LogP contribution < -0.4 is 10.3 Å². The van der Waals surface area contributed by atoms with Crippen LogP contribution in [0.3, 0.4) is 0 Å². The molecule has 2 unspecified atom stereocenters.